The number of hydrogen-bond acceptors (Lipinski definition) is 5. The maximum atomic E-state index is 12.2. The van der Waals surface area contributed by atoms with E-state index in [9.17, 15) is 19.8 Å². The van der Waals surface area contributed by atoms with Crippen molar-refractivity contribution in [2.45, 2.75) is 59.2 Å². The Kier molecular flexibility index (Phi) is 7.11. The summed E-state index contributed by atoms with van der Waals surface area (Å²) in [6.07, 6.45) is 4.83. The highest BCUT2D eigenvalue weighted by Gasteiger charge is 2.42. The average Bonchev–Trinajstić information content (AvgIpc) is 2.49. The Hall–Kier alpha value is -1.72. The number of aliphatic hydroxyl groups excluding tert-OH is 2. The molecule has 0 aliphatic heterocycles. The third-order valence-electron chi connectivity index (χ3n) is 4.46. The van der Waals surface area contributed by atoms with E-state index >= 15 is 0 Å². The molecule has 0 aromatic heterocycles. The van der Waals surface area contributed by atoms with Gasteiger partial charge in [-0.2, -0.15) is 0 Å². The number of carbonyl (C=O) groups excluding carboxylic acids is 2. The molecule has 0 amide bonds. The summed E-state index contributed by atoms with van der Waals surface area (Å²) in [5, 5.41) is 19.1. The van der Waals surface area contributed by atoms with Gasteiger partial charge in [0.1, 0.15) is 0 Å². The first-order valence-corrected chi connectivity index (χ1v) is 8.17. The van der Waals surface area contributed by atoms with E-state index in [-0.39, 0.29) is 18.2 Å². The summed E-state index contributed by atoms with van der Waals surface area (Å²) < 4.78 is 4.92. The van der Waals surface area contributed by atoms with Crippen molar-refractivity contribution in [1.82, 2.24) is 0 Å². The lowest BCUT2D eigenvalue weighted by Gasteiger charge is -2.33. The lowest BCUT2D eigenvalue weighted by Crippen LogP contribution is -2.35. The van der Waals surface area contributed by atoms with Gasteiger partial charge in [-0.1, -0.05) is 23.8 Å². The maximum Gasteiger partial charge on any atom is 0.316 e. The first-order chi connectivity index (χ1) is 11.1. The summed E-state index contributed by atoms with van der Waals surface area (Å²) in [5.41, 5.74) is 1.17. The smallest absolute Gasteiger partial charge is 0.316 e. The fraction of sp³-hybridized carbons (Fsp3) is 0.579. The molecule has 134 valence electrons. The molecule has 0 bridgehead atoms. The maximum absolute atomic E-state index is 12.2. The summed E-state index contributed by atoms with van der Waals surface area (Å²) >= 11 is 0. The second-order valence-corrected chi connectivity index (χ2v) is 6.68. The summed E-state index contributed by atoms with van der Waals surface area (Å²) in [6, 6.07) is 0. The van der Waals surface area contributed by atoms with Crippen LogP contribution >= 0.6 is 0 Å². The molecule has 3 atom stereocenters. The van der Waals surface area contributed by atoms with E-state index in [1.807, 2.05) is 6.92 Å². The normalized spacial score (nSPS) is 25.1. The van der Waals surface area contributed by atoms with Crippen molar-refractivity contribution in [3.05, 3.63) is 34.9 Å². The van der Waals surface area contributed by atoms with E-state index in [0.717, 1.165) is 5.57 Å². The first-order valence-electron chi connectivity index (χ1n) is 8.17. The Bertz CT molecular complexity index is 583. The van der Waals surface area contributed by atoms with Gasteiger partial charge >= 0.3 is 5.97 Å². The number of allylic oxidation sites excluding steroid dienone is 4. The number of ketones is 1. The highest BCUT2D eigenvalue weighted by Crippen LogP contribution is 2.41. The van der Waals surface area contributed by atoms with Crippen LogP contribution in [-0.4, -0.2) is 41.3 Å². The fourth-order valence-electron chi connectivity index (χ4n) is 2.99. The SMILES string of the molecule is COC(=O)C1(C)CCC(=O)C(C)=C1C=CC(C)=CC(O)CC(C)O. The highest BCUT2D eigenvalue weighted by molar-refractivity contribution is 6.00. The number of esters is 1. The monoisotopic (exact) mass is 336 g/mol. The van der Waals surface area contributed by atoms with Crippen LogP contribution in [0.15, 0.2) is 34.9 Å². The largest absolute Gasteiger partial charge is 0.468 e. The lowest BCUT2D eigenvalue weighted by molar-refractivity contribution is -0.150. The van der Waals surface area contributed by atoms with Gasteiger partial charge < -0.3 is 14.9 Å². The van der Waals surface area contributed by atoms with Crippen molar-refractivity contribution in [3.63, 3.8) is 0 Å². The predicted octanol–water partition coefficient (Wildman–Crippen LogP) is 2.48. The Morgan fingerprint density at radius 2 is 2.04 bits per heavy atom. The van der Waals surface area contributed by atoms with E-state index in [1.165, 1.54) is 7.11 Å². The molecular weight excluding hydrogens is 308 g/mol. The van der Waals surface area contributed by atoms with Gasteiger partial charge in [-0.3, -0.25) is 9.59 Å². The number of aliphatic hydroxyl groups is 2. The molecule has 0 saturated heterocycles. The number of carbonyl (C=O) groups is 2. The average molecular weight is 336 g/mol. The lowest BCUT2D eigenvalue weighted by atomic mass is 9.70. The molecule has 0 aromatic rings. The minimum absolute atomic E-state index is 0.0341. The van der Waals surface area contributed by atoms with Crippen LogP contribution in [0.3, 0.4) is 0 Å². The Morgan fingerprint density at radius 1 is 1.42 bits per heavy atom. The van der Waals surface area contributed by atoms with E-state index in [4.69, 9.17) is 4.74 Å². The molecule has 24 heavy (non-hydrogen) atoms. The van der Waals surface area contributed by atoms with Crippen LogP contribution in [0, 0.1) is 5.41 Å². The molecule has 0 radical (unpaired) electrons. The zero-order valence-electron chi connectivity index (χ0n) is 15.1. The van der Waals surface area contributed by atoms with Crippen molar-refractivity contribution < 1.29 is 24.5 Å². The first kappa shape index (κ1) is 20.3. The van der Waals surface area contributed by atoms with Gasteiger partial charge in [0.25, 0.3) is 0 Å². The third kappa shape index (κ3) is 4.89. The second kappa shape index (κ2) is 8.40. The summed E-state index contributed by atoms with van der Waals surface area (Å²) in [7, 11) is 1.35. The third-order valence-corrected chi connectivity index (χ3v) is 4.46. The quantitative estimate of drug-likeness (QED) is 0.575. The van der Waals surface area contributed by atoms with E-state index < -0.39 is 17.6 Å². The van der Waals surface area contributed by atoms with Crippen molar-refractivity contribution in [3.8, 4) is 0 Å². The molecular formula is C19H28O5. The zero-order valence-corrected chi connectivity index (χ0v) is 15.1. The molecule has 0 saturated carbocycles. The summed E-state index contributed by atoms with van der Waals surface area (Å²) in [6.45, 7) is 6.95. The van der Waals surface area contributed by atoms with Gasteiger partial charge in [0.15, 0.2) is 5.78 Å². The van der Waals surface area contributed by atoms with Gasteiger partial charge in [-0.25, -0.2) is 0 Å². The van der Waals surface area contributed by atoms with Crippen LogP contribution in [0.25, 0.3) is 0 Å². The minimum atomic E-state index is -0.845. The van der Waals surface area contributed by atoms with Crippen molar-refractivity contribution >= 4 is 11.8 Å². The van der Waals surface area contributed by atoms with Gasteiger partial charge in [0.2, 0.25) is 0 Å². The van der Waals surface area contributed by atoms with Crippen LogP contribution in [-0.2, 0) is 14.3 Å². The molecule has 3 unspecified atom stereocenters. The Balaban J connectivity index is 3.11. The van der Waals surface area contributed by atoms with E-state index in [0.29, 0.717) is 24.0 Å². The van der Waals surface area contributed by atoms with Crippen LogP contribution < -0.4 is 0 Å². The van der Waals surface area contributed by atoms with Crippen molar-refractivity contribution in [1.29, 1.82) is 0 Å². The molecule has 0 aromatic carbocycles. The molecule has 2 N–H and O–H groups in total. The summed E-state index contributed by atoms with van der Waals surface area (Å²) in [5.74, 6) is -0.323. The van der Waals surface area contributed by atoms with Crippen LogP contribution in [0.5, 0.6) is 0 Å². The molecule has 0 spiro atoms. The Labute approximate surface area is 143 Å². The molecule has 0 fully saturated rings. The van der Waals surface area contributed by atoms with Crippen molar-refractivity contribution in [2.24, 2.45) is 5.41 Å². The van der Waals surface area contributed by atoms with Crippen LogP contribution in [0.4, 0.5) is 0 Å². The number of Topliss-reactive ketones (excluding diaryl/α,β-unsaturated/α-hetero) is 1. The number of ether oxygens (including phenoxy) is 1. The van der Waals surface area contributed by atoms with Gasteiger partial charge in [-0.05, 0) is 45.3 Å². The van der Waals surface area contributed by atoms with Crippen LogP contribution in [0.2, 0.25) is 0 Å². The van der Waals surface area contributed by atoms with Gasteiger partial charge in [0, 0.05) is 12.8 Å². The molecule has 1 rings (SSSR count). The molecule has 1 aliphatic carbocycles. The Morgan fingerprint density at radius 3 is 2.58 bits per heavy atom. The number of hydrogen-bond donors (Lipinski definition) is 2. The van der Waals surface area contributed by atoms with Gasteiger partial charge in [-0.15, -0.1) is 0 Å². The second-order valence-electron chi connectivity index (χ2n) is 6.68. The van der Waals surface area contributed by atoms with E-state index in [2.05, 4.69) is 0 Å². The zero-order chi connectivity index (χ0) is 18.5. The standard InChI is InChI=1S/C19H28O5/c1-12(10-15(21)11-13(2)20)6-7-16-14(3)17(22)8-9-19(16,4)18(23)24-5/h6-7,10,13,15,20-21H,8-9,11H2,1-5H3. The predicted molar refractivity (Wildman–Crippen MR) is 92.3 cm³/mol. The number of rotatable bonds is 6. The highest BCUT2D eigenvalue weighted by atomic mass is 16.5. The van der Waals surface area contributed by atoms with Gasteiger partial charge in [0.05, 0.1) is 24.7 Å². The van der Waals surface area contributed by atoms with E-state index in [1.54, 1.807) is 39.0 Å². The number of methoxy groups -OCH3 is 1. The topological polar surface area (TPSA) is 83.8 Å². The fourth-order valence-corrected chi connectivity index (χ4v) is 2.99. The summed E-state index contributed by atoms with van der Waals surface area (Å²) in [4.78, 5) is 24.2. The van der Waals surface area contributed by atoms with Crippen molar-refractivity contribution in [2.75, 3.05) is 7.11 Å². The van der Waals surface area contributed by atoms with Crippen LogP contribution in [0.1, 0.15) is 47.0 Å². The molecule has 5 heteroatoms. The molecule has 5 nitrogen and oxygen atoms in total. The molecule has 0 heterocycles. The molecule has 1 aliphatic rings. The minimum Gasteiger partial charge on any atom is -0.468 e.